The van der Waals surface area contributed by atoms with Crippen molar-refractivity contribution >= 4 is 11.3 Å². The minimum absolute atomic E-state index is 0.0361. The normalized spacial score (nSPS) is 15.5. The Morgan fingerprint density at radius 2 is 1.69 bits per heavy atom. The second kappa shape index (κ2) is 9.78. The van der Waals surface area contributed by atoms with Gasteiger partial charge in [-0.15, -0.1) is 5.10 Å². The maximum absolute atomic E-state index is 9.80. The van der Waals surface area contributed by atoms with E-state index in [9.17, 15) is 10.5 Å². The van der Waals surface area contributed by atoms with Crippen molar-refractivity contribution in [2.24, 2.45) is 0 Å². The van der Waals surface area contributed by atoms with Gasteiger partial charge in [0.25, 0.3) is 0 Å². The molecule has 0 saturated heterocycles. The summed E-state index contributed by atoms with van der Waals surface area (Å²) < 4.78 is 7.63. The average Bonchev–Trinajstić information content (AvgIpc) is 3.48. The van der Waals surface area contributed by atoms with Gasteiger partial charge in [-0.1, -0.05) is 29.5 Å². The smallest absolute Gasteiger partial charge is 0.304 e. The molecule has 0 amide bonds. The van der Waals surface area contributed by atoms with Gasteiger partial charge in [-0.05, 0) is 57.5 Å². The molecule has 0 bridgehead atoms. The summed E-state index contributed by atoms with van der Waals surface area (Å²) >= 11 is 0. The molecular formula is C28H25N7O. The van der Waals surface area contributed by atoms with Crippen LogP contribution in [0.1, 0.15) is 33.3 Å². The Morgan fingerprint density at radius 3 is 2.25 bits per heavy atom. The maximum atomic E-state index is 9.80. The van der Waals surface area contributed by atoms with E-state index in [0.29, 0.717) is 11.3 Å². The first kappa shape index (κ1) is 24.3. The predicted octanol–water partition coefficient (Wildman–Crippen LogP) is 5.52. The number of rotatable bonds is 6. The Hall–Kier alpha value is -4.87. The van der Waals surface area contributed by atoms with Crippen molar-refractivity contribution in [3.63, 3.8) is 0 Å². The first-order valence-corrected chi connectivity index (χ1v) is 11.6. The van der Waals surface area contributed by atoms with Crippen LogP contribution >= 0.6 is 0 Å². The Labute approximate surface area is 210 Å². The first-order valence-electron chi connectivity index (χ1n) is 11.6. The molecule has 8 heteroatoms. The zero-order valence-electron chi connectivity index (χ0n) is 20.6. The van der Waals surface area contributed by atoms with Crippen LogP contribution in [0.2, 0.25) is 0 Å². The minimum atomic E-state index is -0.866. The fourth-order valence-electron chi connectivity index (χ4n) is 4.40. The SMILES string of the molecule is [C-]#[N+]C(C#N)=C1OC(C)(C)C(c2ccc(-c3cn(-c4ccc(N(CC)CC)cc4)nn3)cc2)=C1C#N. The molecule has 0 fully saturated rings. The van der Waals surface area contributed by atoms with E-state index in [1.54, 1.807) is 4.68 Å². The van der Waals surface area contributed by atoms with Crippen LogP contribution in [0.15, 0.2) is 71.8 Å². The molecule has 0 unspecified atom stereocenters. The second-order valence-corrected chi connectivity index (χ2v) is 8.69. The van der Waals surface area contributed by atoms with E-state index < -0.39 is 5.60 Å². The molecular weight excluding hydrogens is 450 g/mol. The monoisotopic (exact) mass is 475 g/mol. The zero-order valence-corrected chi connectivity index (χ0v) is 20.6. The summed E-state index contributed by atoms with van der Waals surface area (Å²) in [5.41, 5.74) is 4.20. The molecule has 4 rings (SSSR count). The molecule has 0 N–H and O–H groups in total. The van der Waals surface area contributed by atoms with Gasteiger partial charge in [-0.3, -0.25) is 0 Å². The highest BCUT2D eigenvalue weighted by Crippen LogP contribution is 2.45. The third-order valence-electron chi connectivity index (χ3n) is 6.19. The molecule has 2 aromatic carbocycles. The summed E-state index contributed by atoms with van der Waals surface area (Å²) in [5, 5.41) is 27.7. The summed E-state index contributed by atoms with van der Waals surface area (Å²) in [4.78, 5) is 5.50. The Balaban J connectivity index is 1.64. The highest BCUT2D eigenvalue weighted by Gasteiger charge is 2.40. The first-order chi connectivity index (χ1) is 17.4. The van der Waals surface area contributed by atoms with E-state index in [0.717, 1.165) is 29.9 Å². The molecule has 2 heterocycles. The van der Waals surface area contributed by atoms with Gasteiger partial charge in [0.05, 0.1) is 30.1 Å². The number of benzene rings is 2. The van der Waals surface area contributed by atoms with Crippen molar-refractivity contribution in [3.8, 4) is 29.1 Å². The number of hydrogen-bond acceptors (Lipinski definition) is 6. The number of anilines is 1. The van der Waals surface area contributed by atoms with E-state index in [4.69, 9.17) is 11.3 Å². The van der Waals surface area contributed by atoms with Crippen LogP contribution in [0.5, 0.6) is 0 Å². The van der Waals surface area contributed by atoms with Crippen LogP contribution < -0.4 is 4.90 Å². The third kappa shape index (κ3) is 4.31. The van der Waals surface area contributed by atoms with Crippen LogP contribution in [0.3, 0.4) is 0 Å². The number of nitriles is 2. The number of allylic oxidation sites excluding steroid dienone is 2. The second-order valence-electron chi connectivity index (χ2n) is 8.69. The minimum Gasteiger partial charge on any atom is -0.492 e. The van der Waals surface area contributed by atoms with E-state index in [-0.39, 0.29) is 17.0 Å². The van der Waals surface area contributed by atoms with Crippen molar-refractivity contribution in [2.45, 2.75) is 33.3 Å². The molecule has 8 nitrogen and oxygen atoms in total. The molecule has 1 aliphatic heterocycles. The number of aromatic nitrogens is 3. The zero-order chi connectivity index (χ0) is 25.9. The fourth-order valence-corrected chi connectivity index (χ4v) is 4.40. The van der Waals surface area contributed by atoms with Crippen LogP contribution in [0.25, 0.3) is 27.4 Å². The van der Waals surface area contributed by atoms with E-state index in [1.807, 2.05) is 62.5 Å². The number of ether oxygens (including phenoxy) is 1. The number of nitrogens with zero attached hydrogens (tertiary/aromatic N) is 7. The van der Waals surface area contributed by atoms with Gasteiger partial charge in [0.1, 0.15) is 17.4 Å². The van der Waals surface area contributed by atoms with Gasteiger partial charge in [0.2, 0.25) is 0 Å². The molecule has 0 aliphatic carbocycles. The van der Waals surface area contributed by atoms with Gasteiger partial charge < -0.3 is 9.64 Å². The molecule has 3 aromatic rings. The molecule has 0 saturated carbocycles. The van der Waals surface area contributed by atoms with Gasteiger partial charge in [-0.25, -0.2) is 14.8 Å². The third-order valence-corrected chi connectivity index (χ3v) is 6.19. The average molecular weight is 476 g/mol. The summed E-state index contributed by atoms with van der Waals surface area (Å²) in [7, 11) is 0. The van der Waals surface area contributed by atoms with E-state index in [2.05, 4.69) is 52.1 Å². The largest absolute Gasteiger partial charge is 0.492 e. The summed E-state index contributed by atoms with van der Waals surface area (Å²) in [6.07, 6.45) is 1.87. The van der Waals surface area contributed by atoms with Crippen molar-refractivity contribution in [3.05, 3.63) is 88.7 Å². The standard InChI is InChI=1S/C28H25N7O/c1-6-34(7-2)21-12-14-22(15-13-21)35-18-25(32-33-35)19-8-10-20(11-9-19)26-23(16-29)27(24(17-30)31-5)36-28(26,3)4/h8-15,18H,6-7H2,1-4H3. The lowest BCUT2D eigenvalue weighted by Gasteiger charge is -2.23. The predicted molar refractivity (Wildman–Crippen MR) is 137 cm³/mol. The summed E-state index contributed by atoms with van der Waals surface area (Å²) in [6.45, 7) is 17.0. The lowest BCUT2D eigenvalue weighted by molar-refractivity contribution is 0.109. The molecule has 1 aromatic heterocycles. The van der Waals surface area contributed by atoms with Crippen molar-refractivity contribution in [2.75, 3.05) is 18.0 Å². The van der Waals surface area contributed by atoms with Crippen LogP contribution in [0.4, 0.5) is 5.69 Å². The Morgan fingerprint density at radius 1 is 1.06 bits per heavy atom. The summed E-state index contributed by atoms with van der Waals surface area (Å²) in [5.74, 6) is 0.0361. The molecule has 1 aliphatic rings. The quantitative estimate of drug-likeness (QED) is 0.344. The van der Waals surface area contributed by atoms with Gasteiger partial charge in [-0.2, -0.15) is 5.26 Å². The maximum Gasteiger partial charge on any atom is 0.304 e. The van der Waals surface area contributed by atoms with Crippen molar-refractivity contribution in [1.82, 2.24) is 15.0 Å². The van der Waals surface area contributed by atoms with E-state index in [1.165, 1.54) is 5.69 Å². The van der Waals surface area contributed by atoms with Crippen LogP contribution in [-0.4, -0.2) is 33.7 Å². The fraction of sp³-hybridized carbons (Fsp3) is 0.250. The van der Waals surface area contributed by atoms with Crippen molar-refractivity contribution in [1.29, 1.82) is 10.5 Å². The molecule has 36 heavy (non-hydrogen) atoms. The van der Waals surface area contributed by atoms with Gasteiger partial charge in [0.15, 0.2) is 5.76 Å². The lowest BCUT2D eigenvalue weighted by atomic mass is 9.88. The highest BCUT2D eigenvalue weighted by molar-refractivity contribution is 5.84. The number of hydrogen-bond donors (Lipinski definition) is 0. The molecule has 0 radical (unpaired) electrons. The Kier molecular flexibility index (Phi) is 6.59. The van der Waals surface area contributed by atoms with Crippen LogP contribution in [0, 0.1) is 29.2 Å². The van der Waals surface area contributed by atoms with Crippen molar-refractivity contribution < 1.29 is 4.74 Å². The van der Waals surface area contributed by atoms with Gasteiger partial charge in [0, 0.05) is 29.9 Å². The lowest BCUT2D eigenvalue weighted by Crippen LogP contribution is -2.21. The molecule has 0 atom stereocenters. The van der Waals surface area contributed by atoms with Crippen LogP contribution in [-0.2, 0) is 4.74 Å². The summed E-state index contributed by atoms with van der Waals surface area (Å²) in [6, 6.07) is 19.8. The highest BCUT2D eigenvalue weighted by atomic mass is 16.5. The van der Waals surface area contributed by atoms with E-state index >= 15 is 0 Å². The Bertz CT molecular complexity index is 1450. The van der Waals surface area contributed by atoms with Gasteiger partial charge >= 0.3 is 5.70 Å². The molecule has 0 spiro atoms. The molecule has 178 valence electrons. The topological polar surface area (TPSA) is 95.1 Å².